The Morgan fingerprint density at radius 3 is 1.52 bits per heavy atom. The van der Waals surface area contributed by atoms with Crippen molar-refractivity contribution in [2.24, 2.45) is 0 Å². The lowest BCUT2D eigenvalue weighted by molar-refractivity contribution is -0.141. The zero-order valence-electron chi connectivity index (χ0n) is 36.1. The van der Waals surface area contributed by atoms with E-state index in [1.54, 1.807) is 6.07 Å². The minimum atomic E-state index is -4.36. The summed E-state index contributed by atoms with van der Waals surface area (Å²) in [5.74, 6) is 1.54. The van der Waals surface area contributed by atoms with Crippen LogP contribution in [0.3, 0.4) is 0 Å². The molecule has 7 rings (SSSR count). The molecule has 0 amide bonds. The first-order valence-electron chi connectivity index (χ1n) is 20.3. The minimum Gasteiger partial charge on any atom is -0.378 e. The van der Waals surface area contributed by atoms with Crippen LogP contribution in [0.4, 0.5) is 18.9 Å². The Balaban J connectivity index is 0.000000166. The van der Waals surface area contributed by atoms with Gasteiger partial charge in [-0.1, -0.05) is 101 Å². The summed E-state index contributed by atoms with van der Waals surface area (Å²) in [6.45, 7) is 29.5. The van der Waals surface area contributed by atoms with Gasteiger partial charge in [-0.15, -0.1) is 0 Å². The number of anilines is 1. The van der Waals surface area contributed by atoms with Gasteiger partial charge in [0.25, 0.3) is 0 Å². The molecular weight excluding hydrogens is 706 g/mol. The molecule has 0 radical (unpaired) electrons. The largest absolute Gasteiger partial charge is 0.433 e. The zero-order chi connectivity index (χ0) is 41.5. The van der Waals surface area contributed by atoms with Gasteiger partial charge in [0.15, 0.2) is 0 Å². The average molecular weight is 773 g/mol. The zero-order valence-corrected chi connectivity index (χ0v) is 36.1. The highest BCUT2D eigenvalue weighted by Gasteiger charge is 2.33. The van der Waals surface area contributed by atoms with Crippen molar-refractivity contribution in [1.29, 1.82) is 0 Å². The number of rotatable bonds is 3. The van der Waals surface area contributed by atoms with Crippen molar-refractivity contribution in [3.63, 3.8) is 0 Å². The normalized spacial score (nSPS) is 16.4. The van der Waals surface area contributed by atoms with Crippen LogP contribution in [0.25, 0.3) is 0 Å². The van der Waals surface area contributed by atoms with Gasteiger partial charge in [-0.3, -0.25) is 15.0 Å². The fourth-order valence-corrected chi connectivity index (χ4v) is 6.03. The molecule has 8 heteroatoms. The van der Waals surface area contributed by atoms with E-state index in [9.17, 15) is 13.2 Å². The van der Waals surface area contributed by atoms with E-state index in [1.165, 1.54) is 65.6 Å². The number of hydrogen-bond acceptors (Lipinski definition) is 5. The molecule has 3 fully saturated rings. The third kappa shape index (κ3) is 14.3. The lowest BCUT2D eigenvalue weighted by atomic mass is 9.87. The molecule has 0 bridgehead atoms. The van der Waals surface area contributed by atoms with Crippen molar-refractivity contribution in [3.8, 4) is 0 Å². The number of nitrogens with zero attached hydrogens (tertiary/aromatic N) is 4. The highest BCUT2D eigenvalue weighted by Crippen LogP contribution is 2.40. The van der Waals surface area contributed by atoms with Crippen molar-refractivity contribution in [2.75, 3.05) is 31.2 Å². The summed E-state index contributed by atoms with van der Waals surface area (Å²) in [4.78, 5) is 14.6. The molecule has 2 saturated carbocycles. The van der Waals surface area contributed by atoms with Gasteiger partial charge in [-0.2, -0.15) is 13.2 Å². The average Bonchev–Trinajstić information content (AvgIpc) is 4.06. The molecule has 4 aromatic rings. The van der Waals surface area contributed by atoms with Crippen LogP contribution in [-0.4, -0.2) is 41.3 Å². The van der Waals surface area contributed by atoms with E-state index < -0.39 is 11.9 Å². The summed E-state index contributed by atoms with van der Waals surface area (Å²) in [6.07, 6.45) is 6.16. The van der Waals surface area contributed by atoms with E-state index >= 15 is 0 Å². The lowest BCUT2D eigenvalue weighted by Crippen LogP contribution is -2.36. The van der Waals surface area contributed by atoms with Crippen molar-refractivity contribution in [2.45, 2.75) is 148 Å². The first-order chi connectivity index (χ1) is 25.9. The number of morpholine rings is 1. The van der Waals surface area contributed by atoms with Crippen molar-refractivity contribution in [1.82, 2.24) is 15.0 Å². The molecule has 0 spiro atoms. The maximum atomic E-state index is 12.3. The molecule has 1 saturated heterocycles. The Hall–Kier alpha value is -3.78. The molecule has 0 unspecified atom stereocenters. The molecule has 1 aliphatic heterocycles. The number of alkyl halides is 3. The summed E-state index contributed by atoms with van der Waals surface area (Å²) >= 11 is 0. The molecule has 5 nitrogen and oxygen atoms in total. The number of pyridine rings is 3. The van der Waals surface area contributed by atoms with Crippen LogP contribution >= 0.6 is 0 Å². The monoisotopic (exact) mass is 773 g/mol. The van der Waals surface area contributed by atoms with E-state index in [1.807, 2.05) is 33.2 Å². The lowest BCUT2D eigenvalue weighted by Gasteiger charge is -2.30. The predicted molar refractivity (Wildman–Crippen MR) is 226 cm³/mol. The maximum Gasteiger partial charge on any atom is 0.433 e. The van der Waals surface area contributed by atoms with Crippen LogP contribution in [0.15, 0.2) is 79.3 Å². The molecule has 2 aliphatic carbocycles. The van der Waals surface area contributed by atoms with Crippen LogP contribution in [-0.2, 0) is 32.6 Å². The van der Waals surface area contributed by atoms with Gasteiger partial charge < -0.3 is 9.64 Å². The highest BCUT2D eigenvalue weighted by atomic mass is 19.4. The Morgan fingerprint density at radius 1 is 0.536 bits per heavy atom. The third-order valence-corrected chi connectivity index (χ3v) is 10.3. The van der Waals surface area contributed by atoms with E-state index in [-0.39, 0.29) is 21.7 Å². The van der Waals surface area contributed by atoms with Crippen LogP contribution < -0.4 is 4.90 Å². The Kier molecular flexibility index (Phi) is 14.6. The Morgan fingerprint density at radius 2 is 1.04 bits per heavy atom. The summed E-state index contributed by atoms with van der Waals surface area (Å²) in [7, 11) is 0. The fraction of sp³-hybridized carbons (Fsp3) is 0.562. The fourth-order valence-electron chi connectivity index (χ4n) is 6.03. The van der Waals surface area contributed by atoms with Crippen LogP contribution in [0, 0.1) is 0 Å². The first kappa shape index (κ1) is 44.9. The Bertz CT molecular complexity index is 1780. The molecule has 1 aromatic carbocycles. The minimum absolute atomic E-state index is 0.225. The second-order valence-corrected chi connectivity index (χ2v) is 19.6. The van der Waals surface area contributed by atoms with Gasteiger partial charge >= 0.3 is 6.18 Å². The number of aromatic nitrogens is 3. The topological polar surface area (TPSA) is 51.1 Å². The first-order valence-corrected chi connectivity index (χ1v) is 20.3. The molecule has 0 atom stereocenters. The summed E-state index contributed by atoms with van der Waals surface area (Å²) < 4.78 is 42.3. The van der Waals surface area contributed by atoms with Gasteiger partial charge in [0.1, 0.15) is 5.69 Å². The van der Waals surface area contributed by atoms with Gasteiger partial charge in [-0.05, 0) is 112 Å². The van der Waals surface area contributed by atoms with Crippen molar-refractivity contribution < 1.29 is 17.9 Å². The van der Waals surface area contributed by atoms with Gasteiger partial charge in [-0.25, -0.2) is 0 Å². The number of benzene rings is 1. The van der Waals surface area contributed by atoms with Gasteiger partial charge in [0.2, 0.25) is 0 Å². The van der Waals surface area contributed by atoms with Gasteiger partial charge in [0.05, 0.1) is 13.2 Å². The molecular formula is C48H67F3N4O. The molecule has 4 heterocycles. The molecule has 0 N–H and O–H groups in total. The van der Waals surface area contributed by atoms with E-state index in [4.69, 9.17) is 4.74 Å². The number of hydrogen-bond donors (Lipinski definition) is 0. The Labute approximate surface area is 335 Å². The quantitative estimate of drug-likeness (QED) is 0.208. The van der Waals surface area contributed by atoms with Gasteiger partial charge in [0, 0.05) is 60.6 Å². The molecule has 56 heavy (non-hydrogen) atoms. The standard InChI is InChI=1S/C14H21NO.2C12H17N.C10H12F3N/c1-14(2,3)12-5-4-6-13(11-12)15-7-9-16-10-8-15;1-12(2,3)10-6-7-13-11(8-10)9-4-5-9;1-12(2,3)10-6-7-11(13-8-10)9-4-5-9;1-9(2,3)7-4-5-14-8(6-7)10(11,12)13/h4-6,11H,7-10H2,1-3H3;2*6-9H,4-5H2,1-3H3;4-6H,1-3H3. The van der Waals surface area contributed by atoms with Crippen molar-refractivity contribution >= 4 is 5.69 Å². The summed E-state index contributed by atoms with van der Waals surface area (Å²) in [6, 6.07) is 20.4. The predicted octanol–water partition coefficient (Wildman–Crippen LogP) is 12.7. The number of ether oxygens (including phenoxy) is 1. The van der Waals surface area contributed by atoms with Crippen LogP contribution in [0.2, 0.25) is 0 Å². The van der Waals surface area contributed by atoms with Crippen LogP contribution in [0.1, 0.15) is 160 Å². The molecule has 3 aromatic heterocycles. The summed E-state index contributed by atoms with van der Waals surface area (Å²) in [5.41, 5.74) is 8.28. The van der Waals surface area contributed by atoms with Crippen molar-refractivity contribution in [3.05, 3.63) is 119 Å². The molecule has 3 aliphatic rings. The number of halogens is 3. The van der Waals surface area contributed by atoms with E-state index in [0.29, 0.717) is 5.56 Å². The summed E-state index contributed by atoms with van der Waals surface area (Å²) in [5, 5.41) is 0. The molecule has 306 valence electrons. The SMILES string of the molecule is CC(C)(C)c1ccc(C2CC2)nc1.CC(C)(C)c1cccc(N2CCOCC2)c1.CC(C)(C)c1ccnc(C(F)(F)F)c1.CC(C)(C)c1ccnc(C2CC2)c1. The smallest absolute Gasteiger partial charge is 0.378 e. The maximum absolute atomic E-state index is 12.3. The second-order valence-electron chi connectivity index (χ2n) is 19.6. The second kappa shape index (κ2) is 18.2. The van der Waals surface area contributed by atoms with E-state index in [2.05, 4.69) is 131 Å². The van der Waals surface area contributed by atoms with E-state index in [0.717, 1.165) is 44.2 Å². The highest BCUT2D eigenvalue weighted by molar-refractivity contribution is 5.50. The van der Waals surface area contributed by atoms with Crippen LogP contribution in [0.5, 0.6) is 0 Å². The third-order valence-electron chi connectivity index (χ3n) is 10.3.